The van der Waals surface area contributed by atoms with E-state index >= 15 is 0 Å². The first-order valence-electron chi connectivity index (χ1n) is 7.02. The van der Waals surface area contributed by atoms with Gasteiger partial charge in [-0.3, -0.25) is 4.79 Å². The third-order valence-electron chi connectivity index (χ3n) is 2.66. The summed E-state index contributed by atoms with van der Waals surface area (Å²) in [4.78, 5) is 21.6. The van der Waals surface area contributed by atoms with Crippen molar-refractivity contribution in [3.8, 4) is 0 Å². The van der Waals surface area contributed by atoms with Gasteiger partial charge >= 0.3 is 0 Å². The lowest BCUT2D eigenvalue weighted by Gasteiger charge is -2.09. The molecule has 116 valence electrons. The van der Waals surface area contributed by atoms with Crippen molar-refractivity contribution in [1.82, 2.24) is 15.3 Å². The minimum Gasteiger partial charge on any atom is -0.353 e. The first-order valence-corrected chi connectivity index (χ1v) is 8.82. The minimum atomic E-state index is 0.0111. The van der Waals surface area contributed by atoms with Crippen molar-refractivity contribution in [3.63, 3.8) is 0 Å². The van der Waals surface area contributed by atoms with Gasteiger partial charge in [-0.25, -0.2) is 9.97 Å². The van der Waals surface area contributed by atoms with Gasteiger partial charge < -0.3 is 5.32 Å². The van der Waals surface area contributed by atoms with Crippen molar-refractivity contribution < 1.29 is 4.79 Å². The van der Waals surface area contributed by atoms with E-state index in [1.807, 2.05) is 13.8 Å². The number of nitrogens with zero attached hydrogens (tertiary/aromatic N) is 2. The third kappa shape index (κ3) is 5.35. The molecule has 2 rings (SSSR count). The van der Waals surface area contributed by atoms with Crippen LogP contribution in [0.4, 0.5) is 0 Å². The Hall–Kier alpha value is -1.53. The summed E-state index contributed by atoms with van der Waals surface area (Å²) in [7, 11) is 0. The number of carbonyl (C=O) groups excluding carboxylic acids is 1. The summed E-state index contributed by atoms with van der Waals surface area (Å²) in [5.74, 6) is 0.357. The standard InChI is InChI=1S/C16H19N3OS2/c1-11(2)19-14(20)10-21-15-16(18-9-8-17-15)22-13-6-4-12(3)5-7-13/h4-9,11H,10H2,1-3H3,(H,19,20). The largest absolute Gasteiger partial charge is 0.353 e. The van der Waals surface area contributed by atoms with Crippen LogP contribution in [-0.2, 0) is 4.79 Å². The fourth-order valence-corrected chi connectivity index (χ4v) is 3.41. The van der Waals surface area contributed by atoms with E-state index in [1.54, 1.807) is 24.2 Å². The SMILES string of the molecule is Cc1ccc(Sc2nccnc2SCC(=O)NC(C)C)cc1. The topological polar surface area (TPSA) is 54.9 Å². The second kappa shape index (κ2) is 8.19. The first kappa shape index (κ1) is 16.8. The van der Waals surface area contributed by atoms with Gasteiger partial charge in [-0.15, -0.1) is 0 Å². The van der Waals surface area contributed by atoms with Gasteiger partial charge in [0.1, 0.15) is 10.1 Å². The van der Waals surface area contributed by atoms with Gasteiger partial charge in [-0.2, -0.15) is 0 Å². The number of benzene rings is 1. The molecule has 0 unspecified atom stereocenters. The Bertz CT molecular complexity index is 630. The lowest BCUT2D eigenvalue weighted by Crippen LogP contribution is -2.31. The average molecular weight is 333 g/mol. The van der Waals surface area contributed by atoms with Gasteiger partial charge in [0.15, 0.2) is 0 Å². The number of hydrogen-bond donors (Lipinski definition) is 1. The molecular weight excluding hydrogens is 314 g/mol. The summed E-state index contributed by atoms with van der Waals surface area (Å²) in [5.41, 5.74) is 1.23. The highest BCUT2D eigenvalue weighted by Crippen LogP contribution is 2.32. The van der Waals surface area contributed by atoms with Gasteiger partial charge in [0.25, 0.3) is 0 Å². The highest BCUT2D eigenvalue weighted by Gasteiger charge is 2.11. The highest BCUT2D eigenvalue weighted by molar-refractivity contribution is 8.02. The van der Waals surface area contributed by atoms with Crippen LogP contribution in [0.5, 0.6) is 0 Å². The molecule has 1 amide bonds. The van der Waals surface area contributed by atoms with E-state index in [2.05, 4.69) is 46.5 Å². The third-order valence-corrected chi connectivity index (χ3v) is 4.77. The Morgan fingerprint density at radius 1 is 1.14 bits per heavy atom. The summed E-state index contributed by atoms with van der Waals surface area (Å²) in [6.45, 7) is 5.96. The van der Waals surface area contributed by atoms with E-state index < -0.39 is 0 Å². The summed E-state index contributed by atoms with van der Waals surface area (Å²) < 4.78 is 0. The Labute approximate surface area is 139 Å². The van der Waals surface area contributed by atoms with Gasteiger partial charge in [0.05, 0.1) is 5.75 Å². The number of hydrogen-bond acceptors (Lipinski definition) is 5. The molecule has 1 aromatic heterocycles. The van der Waals surface area contributed by atoms with Crippen LogP contribution in [0.2, 0.25) is 0 Å². The average Bonchev–Trinajstić information content (AvgIpc) is 2.48. The number of aryl methyl sites for hydroxylation is 1. The number of amides is 1. The predicted molar refractivity (Wildman–Crippen MR) is 91.3 cm³/mol. The second-order valence-electron chi connectivity index (χ2n) is 5.09. The molecule has 0 aliphatic heterocycles. The zero-order valence-corrected chi connectivity index (χ0v) is 14.5. The molecule has 6 heteroatoms. The summed E-state index contributed by atoms with van der Waals surface area (Å²) in [6, 6.07) is 8.42. The van der Waals surface area contributed by atoms with Gasteiger partial charge in [-0.05, 0) is 32.9 Å². The lowest BCUT2D eigenvalue weighted by atomic mass is 10.2. The van der Waals surface area contributed by atoms with Gasteiger partial charge in [-0.1, -0.05) is 41.2 Å². The molecule has 0 radical (unpaired) electrons. The fourth-order valence-electron chi connectivity index (χ4n) is 1.70. The number of aromatic nitrogens is 2. The van der Waals surface area contributed by atoms with Crippen molar-refractivity contribution in [2.75, 3.05) is 5.75 Å². The predicted octanol–water partition coefficient (Wildman–Crippen LogP) is 3.55. The molecule has 0 bridgehead atoms. The van der Waals surface area contributed by atoms with Gasteiger partial charge in [0.2, 0.25) is 5.91 Å². The maximum atomic E-state index is 11.7. The molecule has 1 heterocycles. The maximum Gasteiger partial charge on any atom is 0.230 e. The van der Waals surface area contributed by atoms with Crippen molar-refractivity contribution in [1.29, 1.82) is 0 Å². The van der Waals surface area contributed by atoms with Crippen LogP contribution in [0.15, 0.2) is 51.6 Å². The van der Waals surface area contributed by atoms with E-state index in [4.69, 9.17) is 0 Å². The zero-order valence-electron chi connectivity index (χ0n) is 12.9. The fraction of sp³-hybridized carbons (Fsp3) is 0.312. The van der Waals surface area contributed by atoms with Crippen LogP contribution in [0.25, 0.3) is 0 Å². The molecule has 0 aliphatic carbocycles. The highest BCUT2D eigenvalue weighted by atomic mass is 32.2. The summed E-state index contributed by atoms with van der Waals surface area (Å²) >= 11 is 2.98. The molecule has 0 saturated carbocycles. The number of thioether (sulfide) groups is 1. The zero-order chi connectivity index (χ0) is 15.9. The lowest BCUT2D eigenvalue weighted by molar-refractivity contribution is -0.119. The molecule has 2 aromatic rings. The maximum absolute atomic E-state index is 11.7. The summed E-state index contributed by atoms with van der Waals surface area (Å²) in [5, 5.41) is 4.49. The minimum absolute atomic E-state index is 0.0111. The molecule has 0 spiro atoms. The molecule has 0 saturated heterocycles. The molecular formula is C16H19N3OS2. The van der Waals surface area contributed by atoms with E-state index in [0.29, 0.717) is 5.75 Å². The summed E-state index contributed by atoms with van der Waals surface area (Å²) in [6.07, 6.45) is 3.33. The van der Waals surface area contributed by atoms with Crippen LogP contribution >= 0.6 is 23.5 Å². The first-order chi connectivity index (χ1) is 10.5. The molecule has 1 N–H and O–H groups in total. The van der Waals surface area contributed by atoms with E-state index in [9.17, 15) is 4.79 Å². The number of nitrogens with one attached hydrogen (secondary N) is 1. The Balaban J connectivity index is 2.03. The monoisotopic (exact) mass is 333 g/mol. The molecule has 1 aromatic carbocycles. The number of rotatable bonds is 6. The normalized spacial score (nSPS) is 10.7. The van der Waals surface area contributed by atoms with Crippen LogP contribution in [0.3, 0.4) is 0 Å². The van der Waals surface area contributed by atoms with Crippen LogP contribution in [0.1, 0.15) is 19.4 Å². The molecule has 0 atom stereocenters. The van der Waals surface area contributed by atoms with E-state index in [0.717, 1.165) is 14.9 Å². The molecule has 0 aliphatic rings. The van der Waals surface area contributed by atoms with Crippen molar-refractivity contribution in [3.05, 3.63) is 42.2 Å². The smallest absolute Gasteiger partial charge is 0.230 e. The molecule has 22 heavy (non-hydrogen) atoms. The number of carbonyl (C=O) groups is 1. The van der Waals surface area contributed by atoms with Crippen molar-refractivity contribution >= 4 is 29.4 Å². The quantitative estimate of drug-likeness (QED) is 0.819. The Kier molecular flexibility index (Phi) is 6.27. The Morgan fingerprint density at radius 2 is 1.77 bits per heavy atom. The molecule has 0 fully saturated rings. The molecule has 4 nitrogen and oxygen atoms in total. The van der Waals surface area contributed by atoms with Gasteiger partial charge in [0, 0.05) is 23.3 Å². The Morgan fingerprint density at radius 3 is 2.41 bits per heavy atom. The second-order valence-corrected chi connectivity index (χ2v) is 7.12. The van der Waals surface area contributed by atoms with Crippen LogP contribution in [0, 0.1) is 6.92 Å². The van der Waals surface area contributed by atoms with Crippen LogP contribution < -0.4 is 5.32 Å². The van der Waals surface area contributed by atoms with E-state index in [1.165, 1.54) is 17.3 Å². The van der Waals surface area contributed by atoms with Crippen molar-refractivity contribution in [2.24, 2.45) is 0 Å². The van der Waals surface area contributed by atoms with E-state index in [-0.39, 0.29) is 11.9 Å². The van der Waals surface area contributed by atoms with Crippen molar-refractivity contribution in [2.45, 2.75) is 41.8 Å². The van der Waals surface area contributed by atoms with Crippen LogP contribution in [-0.4, -0.2) is 27.7 Å².